The van der Waals surface area contributed by atoms with Gasteiger partial charge in [0.2, 0.25) is 5.91 Å². The van der Waals surface area contributed by atoms with Gasteiger partial charge in [0.05, 0.1) is 24.7 Å². The number of hydrogen-bond acceptors (Lipinski definition) is 5. The number of ether oxygens (including phenoxy) is 1. The molecule has 2 aromatic rings. The molecule has 2 aromatic heterocycles. The molecule has 0 radical (unpaired) electrons. The highest BCUT2D eigenvalue weighted by atomic mass is 16.5. The predicted octanol–water partition coefficient (Wildman–Crippen LogP) is 2.26. The molecule has 3 aliphatic rings. The minimum absolute atomic E-state index is 0.000731. The van der Waals surface area contributed by atoms with E-state index in [0.29, 0.717) is 17.8 Å². The van der Waals surface area contributed by atoms with Gasteiger partial charge in [-0.1, -0.05) is 6.07 Å². The lowest BCUT2D eigenvalue weighted by Gasteiger charge is -2.38. The van der Waals surface area contributed by atoms with Crippen LogP contribution in [0, 0.1) is 17.8 Å². The Morgan fingerprint density at radius 3 is 2.74 bits per heavy atom. The Morgan fingerprint density at radius 1 is 1.16 bits per heavy atom. The first-order valence-electron chi connectivity index (χ1n) is 11.4. The molecule has 1 aliphatic heterocycles. The number of aromatic nitrogens is 1. The molecular weight excluding hydrogens is 394 g/mol. The standard InChI is InChI=1S/C24H31N3O4/c28-23(14-27-7-2-1-3-24(27)29)25-21-9-19-12-26(11-18-6-8-30-15-18)13-20(19)10-22(21)31-16-17-4-5-17/h1-3,6-8,15,17,19-22H,4-5,9-14,16H2,(H,25,28)/t19-,20+,21-,22-/m0/s1. The molecule has 2 saturated carbocycles. The van der Waals surface area contributed by atoms with Gasteiger partial charge in [-0.2, -0.15) is 0 Å². The van der Waals surface area contributed by atoms with Crippen LogP contribution in [0.1, 0.15) is 31.2 Å². The van der Waals surface area contributed by atoms with Gasteiger partial charge in [-0.25, -0.2) is 0 Å². The maximum atomic E-state index is 12.7. The summed E-state index contributed by atoms with van der Waals surface area (Å²) in [6, 6.07) is 6.97. The van der Waals surface area contributed by atoms with Crippen LogP contribution in [-0.2, 0) is 22.6 Å². The topological polar surface area (TPSA) is 76.7 Å². The third-order valence-electron chi connectivity index (χ3n) is 6.98. The lowest BCUT2D eigenvalue weighted by molar-refractivity contribution is -0.125. The molecule has 7 heteroatoms. The number of hydrogen-bond donors (Lipinski definition) is 1. The van der Waals surface area contributed by atoms with Crippen molar-refractivity contribution < 1.29 is 13.9 Å². The van der Waals surface area contributed by atoms with E-state index in [-0.39, 0.29) is 30.2 Å². The van der Waals surface area contributed by atoms with Gasteiger partial charge in [-0.15, -0.1) is 0 Å². The molecule has 0 unspecified atom stereocenters. The molecule has 1 N–H and O–H groups in total. The Balaban J connectivity index is 1.23. The van der Waals surface area contributed by atoms with Crippen molar-refractivity contribution in [1.29, 1.82) is 0 Å². The monoisotopic (exact) mass is 425 g/mol. The van der Waals surface area contributed by atoms with Gasteiger partial charge in [0.1, 0.15) is 6.54 Å². The molecule has 0 spiro atoms. The molecule has 3 fully saturated rings. The third-order valence-corrected chi connectivity index (χ3v) is 6.98. The molecule has 3 heterocycles. The van der Waals surface area contributed by atoms with E-state index in [1.54, 1.807) is 24.6 Å². The van der Waals surface area contributed by atoms with Crippen LogP contribution in [0.25, 0.3) is 0 Å². The first-order valence-corrected chi connectivity index (χ1v) is 11.4. The van der Waals surface area contributed by atoms with Crippen LogP contribution in [0.3, 0.4) is 0 Å². The van der Waals surface area contributed by atoms with Crippen LogP contribution in [0.2, 0.25) is 0 Å². The highest BCUT2D eigenvalue weighted by Gasteiger charge is 2.43. The van der Waals surface area contributed by atoms with Crippen molar-refractivity contribution >= 4 is 5.91 Å². The number of carbonyl (C=O) groups is 1. The van der Waals surface area contributed by atoms with Crippen LogP contribution < -0.4 is 10.9 Å². The van der Waals surface area contributed by atoms with Crippen LogP contribution in [-0.4, -0.2) is 47.2 Å². The van der Waals surface area contributed by atoms with Gasteiger partial charge in [0, 0.05) is 44.1 Å². The Morgan fingerprint density at radius 2 is 2.00 bits per heavy atom. The fourth-order valence-electron chi connectivity index (χ4n) is 5.16. The number of rotatable bonds is 8. The molecule has 1 amide bonds. The van der Waals surface area contributed by atoms with E-state index < -0.39 is 0 Å². The first-order chi connectivity index (χ1) is 15.1. The van der Waals surface area contributed by atoms with Gasteiger partial charge < -0.3 is 19.0 Å². The summed E-state index contributed by atoms with van der Waals surface area (Å²) in [6.07, 6.45) is 9.67. The van der Waals surface area contributed by atoms with Crippen molar-refractivity contribution in [2.75, 3.05) is 19.7 Å². The molecule has 2 aliphatic carbocycles. The van der Waals surface area contributed by atoms with Crippen LogP contribution in [0.5, 0.6) is 0 Å². The van der Waals surface area contributed by atoms with Gasteiger partial charge in [-0.05, 0) is 55.6 Å². The number of pyridine rings is 1. The van der Waals surface area contributed by atoms with E-state index in [0.717, 1.165) is 39.1 Å². The minimum atomic E-state index is -0.159. The van der Waals surface area contributed by atoms with E-state index in [1.165, 1.54) is 29.0 Å². The number of amides is 1. The molecule has 1 saturated heterocycles. The molecule has 166 valence electrons. The molecule has 31 heavy (non-hydrogen) atoms. The molecule has 4 atom stereocenters. The lowest BCUT2D eigenvalue weighted by Crippen LogP contribution is -2.51. The summed E-state index contributed by atoms with van der Waals surface area (Å²) in [5.41, 5.74) is 1.05. The second kappa shape index (κ2) is 9.01. The Kier molecular flexibility index (Phi) is 5.96. The van der Waals surface area contributed by atoms with Crippen LogP contribution in [0.4, 0.5) is 0 Å². The molecule has 7 nitrogen and oxygen atoms in total. The largest absolute Gasteiger partial charge is 0.472 e. The lowest BCUT2D eigenvalue weighted by atomic mass is 9.77. The van der Waals surface area contributed by atoms with Crippen molar-refractivity contribution in [3.8, 4) is 0 Å². The fourth-order valence-corrected chi connectivity index (χ4v) is 5.16. The smallest absolute Gasteiger partial charge is 0.250 e. The highest BCUT2D eigenvalue weighted by molar-refractivity contribution is 5.76. The van der Waals surface area contributed by atoms with Gasteiger partial charge in [0.25, 0.3) is 5.56 Å². The van der Waals surface area contributed by atoms with Crippen molar-refractivity contribution in [2.24, 2.45) is 17.8 Å². The second-order valence-electron chi connectivity index (χ2n) is 9.47. The maximum absolute atomic E-state index is 12.7. The van der Waals surface area contributed by atoms with E-state index in [4.69, 9.17) is 9.15 Å². The molecular formula is C24H31N3O4. The van der Waals surface area contributed by atoms with Crippen molar-refractivity contribution in [2.45, 2.75) is 50.9 Å². The third kappa shape index (κ3) is 5.10. The number of fused-ring (bicyclic) bond motifs is 1. The second-order valence-corrected chi connectivity index (χ2v) is 9.47. The summed E-state index contributed by atoms with van der Waals surface area (Å²) in [5, 5.41) is 3.20. The van der Waals surface area contributed by atoms with E-state index >= 15 is 0 Å². The van der Waals surface area contributed by atoms with Crippen molar-refractivity contribution in [3.63, 3.8) is 0 Å². The fraction of sp³-hybridized carbons (Fsp3) is 0.583. The van der Waals surface area contributed by atoms with Crippen molar-refractivity contribution in [1.82, 2.24) is 14.8 Å². The number of nitrogens with zero attached hydrogens (tertiary/aromatic N) is 2. The first kappa shape index (κ1) is 20.5. The Labute approximate surface area is 182 Å². The Bertz CT molecular complexity index is 936. The summed E-state index contributed by atoms with van der Waals surface area (Å²) in [6.45, 7) is 3.86. The number of likely N-dealkylation sites (tertiary alicyclic amines) is 1. The number of carbonyl (C=O) groups excluding carboxylic acids is 1. The molecule has 0 aromatic carbocycles. The van der Waals surface area contributed by atoms with Crippen molar-refractivity contribution in [3.05, 3.63) is 58.9 Å². The van der Waals surface area contributed by atoms with E-state index in [2.05, 4.69) is 10.2 Å². The average molecular weight is 426 g/mol. The number of nitrogens with one attached hydrogen (secondary N) is 1. The highest BCUT2D eigenvalue weighted by Crippen LogP contribution is 2.39. The van der Waals surface area contributed by atoms with Crippen LogP contribution >= 0.6 is 0 Å². The predicted molar refractivity (Wildman–Crippen MR) is 115 cm³/mol. The zero-order chi connectivity index (χ0) is 21.2. The van der Waals surface area contributed by atoms with Gasteiger partial charge in [0.15, 0.2) is 0 Å². The molecule has 0 bridgehead atoms. The molecule has 5 rings (SSSR count). The SMILES string of the molecule is O=C(Cn1ccccc1=O)N[C@H]1C[C@H]2CN(Cc3ccoc3)C[C@H]2C[C@@H]1OCC1CC1. The van der Waals surface area contributed by atoms with E-state index in [9.17, 15) is 9.59 Å². The van der Waals surface area contributed by atoms with E-state index in [1.807, 2.05) is 12.3 Å². The summed E-state index contributed by atoms with van der Waals surface area (Å²) < 4.78 is 13.0. The Hall–Kier alpha value is -2.38. The number of furan rings is 1. The zero-order valence-corrected chi connectivity index (χ0v) is 17.8. The minimum Gasteiger partial charge on any atom is -0.472 e. The summed E-state index contributed by atoms with van der Waals surface area (Å²) in [4.78, 5) is 27.2. The summed E-state index contributed by atoms with van der Waals surface area (Å²) in [5.74, 6) is 1.72. The van der Waals surface area contributed by atoms with Gasteiger partial charge in [-0.3, -0.25) is 14.5 Å². The normalized spacial score (nSPS) is 28.4. The van der Waals surface area contributed by atoms with Crippen LogP contribution in [0.15, 0.2) is 52.2 Å². The quantitative estimate of drug-likeness (QED) is 0.702. The summed E-state index contributed by atoms with van der Waals surface area (Å²) >= 11 is 0. The van der Waals surface area contributed by atoms with Gasteiger partial charge >= 0.3 is 0 Å². The zero-order valence-electron chi connectivity index (χ0n) is 17.8. The average Bonchev–Trinajstić information content (AvgIpc) is 3.28. The maximum Gasteiger partial charge on any atom is 0.250 e. The summed E-state index contributed by atoms with van der Waals surface area (Å²) in [7, 11) is 0.